The fourth-order valence-corrected chi connectivity index (χ4v) is 2.58. The van der Waals surface area contributed by atoms with E-state index in [9.17, 15) is 0 Å². The van der Waals surface area contributed by atoms with Gasteiger partial charge < -0.3 is 5.32 Å². The highest BCUT2D eigenvalue weighted by Gasteiger charge is 2.11. The van der Waals surface area contributed by atoms with Crippen LogP contribution in [0.15, 0.2) is 12.1 Å². The molecule has 0 aliphatic rings. The summed E-state index contributed by atoms with van der Waals surface area (Å²) in [4.78, 5) is 4.78. The maximum absolute atomic E-state index is 4.78. The molecular formula is C15H20N2. The second-order valence-electron chi connectivity index (χ2n) is 4.64. The topological polar surface area (TPSA) is 24.9 Å². The monoisotopic (exact) mass is 228 g/mol. The second-order valence-corrected chi connectivity index (χ2v) is 4.64. The molecule has 1 aromatic heterocycles. The van der Waals surface area contributed by atoms with E-state index in [4.69, 9.17) is 4.98 Å². The number of aryl methyl sites for hydroxylation is 3. The number of hydrogen-bond acceptors (Lipinski definition) is 2. The molecule has 0 saturated heterocycles. The van der Waals surface area contributed by atoms with Crippen molar-refractivity contribution in [3.63, 3.8) is 0 Å². The first kappa shape index (κ1) is 11.9. The van der Waals surface area contributed by atoms with E-state index < -0.39 is 0 Å². The Kier molecular flexibility index (Phi) is 3.05. The Hall–Kier alpha value is -1.57. The van der Waals surface area contributed by atoms with Crippen LogP contribution in [0.3, 0.4) is 0 Å². The van der Waals surface area contributed by atoms with E-state index >= 15 is 0 Å². The average molecular weight is 228 g/mol. The third kappa shape index (κ3) is 1.88. The highest BCUT2D eigenvalue weighted by atomic mass is 14.8. The van der Waals surface area contributed by atoms with Crippen molar-refractivity contribution in [2.24, 2.45) is 0 Å². The number of benzene rings is 1. The lowest BCUT2D eigenvalue weighted by Gasteiger charge is -2.15. The van der Waals surface area contributed by atoms with Gasteiger partial charge >= 0.3 is 0 Å². The summed E-state index contributed by atoms with van der Waals surface area (Å²) >= 11 is 0. The molecule has 0 saturated carbocycles. The SMILES string of the molecule is CCc1nc2cc(C)cc(C)c2c(NC)c1C. The number of pyridine rings is 1. The van der Waals surface area contributed by atoms with Gasteiger partial charge in [-0.3, -0.25) is 4.98 Å². The lowest BCUT2D eigenvalue weighted by Crippen LogP contribution is -2.02. The van der Waals surface area contributed by atoms with E-state index in [1.165, 1.54) is 33.5 Å². The Morgan fingerprint density at radius 2 is 1.88 bits per heavy atom. The normalized spacial score (nSPS) is 10.9. The Morgan fingerprint density at radius 1 is 1.18 bits per heavy atom. The smallest absolute Gasteiger partial charge is 0.0731 e. The first-order valence-electron chi connectivity index (χ1n) is 6.16. The van der Waals surface area contributed by atoms with Gasteiger partial charge in [0, 0.05) is 23.8 Å². The van der Waals surface area contributed by atoms with Gasteiger partial charge in [-0.2, -0.15) is 0 Å². The zero-order valence-electron chi connectivity index (χ0n) is 11.3. The second kappa shape index (κ2) is 4.36. The van der Waals surface area contributed by atoms with Gasteiger partial charge in [0.25, 0.3) is 0 Å². The fourth-order valence-electron chi connectivity index (χ4n) is 2.58. The summed E-state index contributed by atoms with van der Waals surface area (Å²) in [6, 6.07) is 4.39. The molecule has 1 aromatic carbocycles. The van der Waals surface area contributed by atoms with Crippen molar-refractivity contribution in [1.82, 2.24) is 4.98 Å². The molecule has 2 rings (SSSR count). The van der Waals surface area contributed by atoms with Gasteiger partial charge in [0.15, 0.2) is 0 Å². The first-order chi connectivity index (χ1) is 8.08. The standard InChI is InChI=1S/C15H20N2/c1-6-12-11(4)15(16-5)14-10(3)7-9(2)8-13(14)17-12/h7-8H,6H2,1-5H3,(H,16,17). The fraction of sp³-hybridized carbons (Fsp3) is 0.400. The molecule has 1 N–H and O–H groups in total. The van der Waals surface area contributed by atoms with E-state index in [0.717, 1.165) is 11.9 Å². The highest BCUT2D eigenvalue weighted by Crippen LogP contribution is 2.31. The molecule has 0 aliphatic heterocycles. The van der Waals surface area contributed by atoms with Crippen molar-refractivity contribution >= 4 is 16.6 Å². The first-order valence-corrected chi connectivity index (χ1v) is 6.16. The minimum atomic E-state index is 0.976. The van der Waals surface area contributed by atoms with Gasteiger partial charge in [0.1, 0.15) is 0 Å². The number of nitrogens with zero attached hydrogens (tertiary/aromatic N) is 1. The molecule has 0 amide bonds. The molecule has 0 unspecified atom stereocenters. The summed E-state index contributed by atoms with van der Waals surface area (Å²) < 4.78 is 0. The average Bonchev–Trinajstić information content (AvgIpc) is 2.29. The number of anilines is 1. The zero-order valence-corrected chi connectivity index (χ0v) is 11.3. The summed E-state index contributed by atoms with van der Waals surface area (Å²) in [5, 5.41) is 4.59. The third-order valence-corrected chi connectivity index (χ3v) is 3.36. The Labute approximate surface area is 103 Å². The Bertz CT molecular complexity index is 571. The molecule has 1 heterocycles. The molecule has 0 bridgehead atoms. The Balaban J connectivity index is 2.92. The molecular weight excluding hydrogens is 208 g/mol. The predicted octanol–water partition coefficient (Wildman–Crippen LogP) is 3.76. The van der Waals surface area contributed by atoms with E-state index in [-0.39, 0.29) is 0 Å². The van der Waals surface area contributed by atoms with Crippen LogP contribution in [0.2, 0.25) is 0 Å². The summed E-state index contributed by atoms with van der Waals surface area (Å²) in [5.41, 5.74) is 7.36. The van der Waals surface area contributed by atoms with Crippen LogP contribution in [-0.2, 0) is 6.42 Å². The minimum Gasteiger partial charge on any atom is -0.387 e. The summed E-state index contributed by atoms with van der Waals surface area (Å²) in [6.07, 6.45) is 0.976. The number of nitrogens with one attached hydrogen (secondary N) is 1. The molecule has 0 fully saturated rings. The molecule has 17 heavy (non-hydrogen) atoms. The zero-order chi connectivity index (χ0) is 12.6. The maximum Gasteiger partial charge on any atom is 0.0731 e. The van der Waals surface area contributed by atoms with Gasteiger partial charge in [-0.15, -0.1) is 0 Å². The minimum absolute atomic E-state index is 0.976. The van der Waals surface area contributed by atoms with Crippen LogP contribution in [0.4, 0.5) is 5.69 Å². The van der Waals surface area contributed by atoms with Crippen LogP contribution in [0.25, 0.3) is 10.9 Å². The van der Waals surface area contributed by atoms with Crippen LogP contribution in [0, 0.1) is 20.8 Å². The molecule has 2 nitrogen and oxygen atoms in total. The molecule has 2 aromatic rings. The molecule has 0 atom stereocenters. The van der Waals surface area contributed by atoms with Crippen LogP contribution in [0.1, 0.15) is 29.3 Å². The highest BCUT2D eigenvalue weighted by molar-refractivity contribution is 5.96. The number of rotatable bonds is 2. The van der Waals surface area contributed by atoms with Crippen molar-refractivity contribution in [2.75, 3.05) is 12.4 Å². The maximum atomic E-state index is 4.78. The number of aromatic nitrogens is 1. The van der Waals surface area contributed by atoms with Crippen LogP contribution >= 0.6 is 0 Å². The quantitative estimate of drug-likeness (QED) is 0.846. The van der Waals surface area contributed by atoms with Crippen molar-refractivity contribution in [1.29, 1.82) is 0 Å². The van der Waals surface area contributed by atoms with E-state index in [0.29, 0.717) is 0 Å². The largest absolute Gasteiger partial charge is 0.387 e. The van der Waals surface area contributed by atoms with Crippen molar-refractivity contribution in [3.05, 3.63) is 34.5 Å². The van der Waals surface area contributed by atoms with Gasteiger partial charge in [0.05, 0.1) is 5.52 Å². The van der Waals surface area contributed by atoms with Crippen molar-refractivity contribution in [2.45, 2.75) is 34.1 Å². The van der Waals surface area contributed by atoms with E-state index in [1.54, 1.807) is 0 Å². The predicted molar refractivity (Wildman–Crippen MR) is 74.9 cm³/mol. The molecule has 0 radical (unpaired) electrons. The summed E-state index contributed by atoms with van der Waals surface area (Å²) in [7, 11) is 1.99. The molecule has 0 aliphatic carbocycles. The van der Waals surface area contributed by atoms with Gasteiger partial charge in [-0.05, 0) is 49.9 Å². The lowest BCUT2D eigenvalue weighted by molar-refractivity contribution is 1.03. The summed E-state index contributed by atoms with van der Waals surface area (Å²) in [5.74, 6) is 0. The lowest BCUT2D eigenvalue weighted by atomic mass is 10.00. The molecule has 0 spiro atoms. The molecule has 2 heteroatoms. The third-order valence-electron chi connectivity index (χ3n) is 3.36. The van der Waals surface area contributed by atoms with Gasteiger partial charge in [0.2, 0.25) is 0 Å². The van der Waals surface area contributed by atoms with Crippen LogP contribution < -0.4 is 5.32 Å². The van der Waals surface area contributed by atoms with E-state index in [2.05, 4.69) is 45.1 Å². The molecule has 90 valence electrons. The van der Waals surface area contributed by atoms with Crippen LogP contribution in [-0.4, -0.2) is 12.0 Å². The van der Waals surface area contributed by atoms with Crippen molar-refractivity contribution in [3.8, 4) is 0 Å². The number of fused-ring (bicyclic) bond motifs is 1. The van der Waals surface area contributed by atoms with Gasteiger partial charge in [-0.1, -0.05) is 13.0 Å². The van der Waals surface area contributed by atoms with Gasteiger partial charge in [-0.25, -0.2) is 0 Å². The van der Waals surface area contributed by atoms with Crippen molar-refractivity contribution < 1.29 is 0 Å². The Morgan fingerprint density at radius 3 is 2.47 bits per heavy atom. The van der Waals surface area contributed by atoms with E-state index in [1.807, 2.05) is 7.05 Å². The number of hydrogen-bond donors (Lipinski definition) is 1. The summed E-state index contributed by atoms with van der Waals surface area (Å²) in [6.45, 7) is 8.58. The van der Waals surface area contributed by atoms with Crippen LogP contribution in [0.5, 0.6) is 0 Å².